The van der Waals surface area contributed by atoms with Gasteiger partial charge in [0.2, 0.25) is 0 Å². The molecule has 0 spiro atoms. The third-order valence-corrected chi connectivity index (χ3v) is 5.59. The number of carbonyl (C=O) groups is 1. The van der Waals surface area contributed by atoms with Crippen LogP contribution in [-0.2, 0) is 4.79 Å². The zero-order chi connectivity index (χ0) is 23.7. The second kappa shape index (κ2) is 8.12. The van der Waals surface area contributed by atoms with Crippen LogP contribution in [0.25, 0.3) is 0 Å². The Morgan fingerprint density at radius 3 is 2.65 bits per heavy atom. The molecule has 0 aromatic heterocycles. The zero-order valence-corrected chi connectivity index (χ0v) is 15.1. The number of para-hydroxylation sites is 1. The molecular formula is C20H24N2O3S. The maximum Gasteiger partial charge on any atom is 0.257 e. The van der Waals surface area contributed by atoms with Gasteiger partial charge in [0.1, 0.15) is 11.9 Å². The summed E-state index contributed by atoms with van der Waals surface area (Å²) in [5.74, 6) is 0.0175. The van der Waals surface area contributed by atoms with Crippen LogP contribution in [0.5, 0.6) is 5.75 Å². The van der Waals surface area contributed by atoms with E-state index in [1.807, 2.05) is 0 Å². The van der Waals surface area contributed by atoms with Gasteiger partial charge in [-0.05, 0) is 43.8 Å². The smallest absolute Gasteiger partial charge is 0.257 e. The standard InChI is InChI=1S/C20H24N2O3S/c1-21(2)12-13-22-16-6-4-5-7-17(16)26-19(18(23)20(22)24)14-8-10-15(25-3)11-9-14/h4-11,18-19,23H,12-13H2,1-3H3/i1D3,2D3. The van der Waals surface area contributed by atoms with Gasteiger partial charge in [0, 0.05) is 26.2 Å². The molecule has 0 bridgehead atoms. The Labute approximate surface area is 167 Å². The minimum absolute atomic E-state index is 0.209. The molecule has 0 saturated heterocycles. The van der Waals surface area contributed by atoms with Gasteiger partial charge in [0.05, 0.1) is 18.0 Å². The highest BCUT2D eigenvalue weighted by molar-refractivity contribution is 7.99. The lowest BCUT2D eigenvalue weighted by Crippen LogP contribution is -2.43. The highest BCUT2D eigenvalue weighted by Gasteiger charge is 2.37. The summed E-state index contributed by atoms with van der Waals surface area (Å²) < 4.78 is 50.5. The summed E-state index contributed by atoms with van der Waals surface area (Å²) in [7, 11) is 1.55. The molecule has 138 valence electrons. The first-order valence-electron chi connectivity index (χ1n) is 11.1. The Balaban J connectivity index is 1.94. The molecule has 1 N–H and O–H groups in total. The van der Waals surface area contributed by atoms with Crippen LogP contribution in [0.3, 0.4) is 0 Å². The topological polar surface area (TPSA) is 53.0 Å². The number of rotatable bonds is 5. The number of methoxy groups -OCH3 is 1. The van der Waals surface area contributed by atoms with E-state index in [1.54, 1.807) is 55.6 Å². The average Bonchev–Trinajstić information content (AvgIpc) is 2.82. The number of anilines is 1. The second-order valence-electron chi connectivity index (χ2n) is 5.87. The molecule has 0 fully saturated rings. The van der Waals surface area contributed by atoms with Gasteiger partial charge in [-0.3, -0.25) is 4.79 Å². The Hall–Kier alpha value is -2.02. The van der Waals surface area contributed by atoms with E-state index in [4.69, 9.17) is 13.0 Å². The first-order valence-corrected chi connectivity index (χ1v) is 8.98. The normalized spacial score (nSPS) is 24.4. The van der Waals surface area contributed by atoms with Crippen LogP contribution in [0.15, 0.2) is 53.4 Å². The van der Waals surface area contributed by atoms with Crippen molar-refractivity contribution in [2.45, 2.75) is 16.2 Å². The molecule has 0 radical (unpaired) electrons. The van der Waals surface area contributed by atoms with Crippen molar-refractivity contribution in [3.63, 3.8) is 0 Å². The molecule has 0 saturated carbocycles. The van der Waals surface area contributed by atoms with Gasteiger partial charge in [0.15, 0.2) is 0 Å². The van der Waals surface area contributed by atoms with Gasteiger partial charge >= 0.3 is 0 Å². The minimum Gasteiger partial charge on any atom is -0.497 e. The quantitative estimate of drug-likeness (QED) is 0.867. The van der Waals surface area contributed by atoms with Crippen LogP contribution >= 0.6 is 11.8 Å². The third-order valence-electron chi connectivity index (χ3n) is 4.21. The van der Waals surface area contributed by atoms with Crippen LogP contribution < -0.4 is 9.64 Å². The number of benzene rings is 2. The summed E-state index contributed by atoms with van der Waals surface area (Å²) in [6.45, 7) is -6.35. The molecule has 0 aliphatic carbocycles. The zero-order valence-electron chi connectivity index (χ0n) is 20.3. The molecule has 2 aromatic rings. The first kappa shape index (κ1) is 12.4. The van der Waals surface area contributed by atoms with Crippen molar-refractivity contribution in [2.75, 3.05) is 39.1 Å². The summed E-state index contributed by atoms with van der Waals surface area (Å²) >= 11 is 1.32. The number of ether oxygens (including phenoxy) is 1. The lowest BCUT2D eigenvalue weighted by atomic mass is 10.1. The van der Waals surface area contributed by atoms with Gasteiger partial charge in [-0.1, -0.05) is 24.3 Å². The van der Waals surface area contributed by atoms with Crippen molar-refractivity contribution in [3.05, 3.63) is 54.1 Å². The fourth-order valence-electron chi connectivity index (χ4n) is 2.86. The molecule has 2 unspecified atom stereocenters. The Kier molecular flexibility index (Phi) is 3.87. The van der Waals surface area contributed by atoms with Gasteiger partial charge in [0.25, 0.3) is 5.91 Å². The number of aliphatic hydroxyl groups excluding tert-OH is 1. The summed E-state index contributed by atoms with van der Waals surface area (Å²) in [5.41, 5.74) is 1.22. The molecule has 1 aliphatic heterocycles. The van der Waals surface area contributed by atoms with Gasteiger partial charge in [-0.15, -0.1) is 11.8 Å². The fourth-order valence-corrected chi connectivity index (χ4v) is 4.13. The van der Waals surface area contributed by atoms with Crippen LogP contribution in [0.1, 0.15) is 19.0 Å². The van der Waals surface area contributed by atoms with Gasteiger partial charge in [-0.25, -0.2) is 0 Å². The van der Waals surface area contributed by atoms with E-state index in [0.717, 1.165) is 5.56 Å². The van der Waals surface area contributed by atoms with Crippen LogP contribution in [0, 0.1) is 0 Å². The number of hydrogen-bond acceptors (Lipinski definition) is 5. The molecule has 6 heteroatoms. The molecular weight excluding hydrogens is 348 g/mol. The molecule has 26 heavy (non-hydrogen) atoms. The van der Waals surface area contributed by atoms with E-state index in [-0.39, 0.29) is 6.54 Å². The maximum atomic E-state index is 13.3. The molecule has 2 atom stereocenters. The van der Waals surface area contributed by atoms with E-state index < -0.39 is 37.8 Å². The third kappa shape index (κ3) is 3.87. The number of aliphatic hydroxyl groups is 1. The minimum atomic E-state index is -2.86. The number of nitrogens with zero attached hydrogens (tertiary/aromatic N) is 2. The summed E-state index contributed by atoms with van der Waals surface area (Å²) in [5, 5.41) is 10.3. The highest BCUT2D eigenvalue weighted by atomic mass is 32.2. The predicted octanol–water partition coefficient (Wildman–Crippen LogP) is 2.80. The van der Waals surface area contributed by atoms with Gasteiger partial charge < -0.3 is 19.6 Å². The molecule has 1 aliphatic rings. The van der Waals surface area contributed by atoms with E-state index in [9.17, 15) is 9.90 Å². The molecule has 2 aromatic carbocycles. The van der Waals surface area contributed by atoms with Crippen molar-refractivity contribution < 1.29 is 22.9 Å². The highest BCUT2D eigenvalue weighted by Crippen LogP contribution is 2.45. The monoisotopic (exact) mass is 378 g/mol. The number of fused-ring (bicyclic) bond motifs is 1. The Bertz CT molecular complexity index is 938. The fraction of sp³-hybridized carbons (Fsp3) is 0.350. The number of likely N-dealkylation sites (N-methyl/N-ethyl adjacent to an activating group) is 1. The lowest BCUT2D eigenvalue weighted by molar-refractivity contribution is -0.126. The van der Waals surface area contributed by atoms with Crippen LogP contribution in [-0.4, -0.2) is 56.2 Å². The van der Waals surface area contributed by atoms with E-state index in [1.165, 1.54) is 16.7 Å². The van der Waals surface area contributed by atoms with Gasteiger partial charge in [-0.2, -0.15) is 0 Å². The number of amides is 1. The van der Waals surface area contributed by atoms with Crippen molar-refractivity contribution >= 4 is 23.4 Å². The SMILES string of the molecule is [2H]C([2H])([2H])N(CCN1C(=O)C(O)C(c2ccc(OC)cc2)Sc2ccccc21)C([2H])([2H])[2H]. The van der Waals surface area contributed by atoms with E-state index >= 15 is 0 Å². The Morgan fingerprint density at radius 1 is 1.23 bits per heavy atom. The molecule has 5 nitrogen and oxygen atoms in total. The van der Waals surface area contributed by atoms with E-state index in [2.05, 4.69) is 0 Å². The summed E-state index contributed by atoms with van der Waals surface area (Å²) in [6.07, 6.45) is -1.42. The summed E-state index contributed by atoms with van der Waals surface area (Å²) in [4.78, 5) is 15.6. The van der Waals surface area contributed by atoms with Crippen LogP contribution in [0.2, 0.25) is 0 Å². The number of thioether (sulfide) groups is 1. The van der Waals surface area contributed by atoms with E-state index in [0.29, 0.717) is 21.2 Å². The van der Waals surface area contributed by atoms with Crippen molar-refractivity contribution in [2.24, 2.45) is 0 Å². The predicted molar refractivity (Wildman–Crippen MR) is 105 cm³/mol. The average molecular weight is 379 g/mol. The Morgan fingerprint density at radius 2 is 1.96 bits per heavy atom. The van der Waals surface area contributed by atoms with Crippen molar-refractivity contribution in [1.82, 2.24) is 4.90 Å². The second-order valence-corrected chi connectivity index (χ2v) is 7.05. The maximum absolute atomic E-state index is 13.3. The molecule has 1 amide bonds. The number of hydrogen-bond donors (Lipinski definition) is 1. The van der Waals surface area contributed by atoms with Crippen LogP contribution in [0.4, 0.5) is 5.69 Å². The molecule has 1 heterocycles. The van der Waals surface area contributed by atoms with Crippen molar-refractivity contribution in [1.29, 1.82) is 0 Å². The molecule has 3 rings (SSSR count). The first-order chi connectivity index (χ1) is 14.9. The summed E-state index contributed by atoms with van der Waals surface area (Å²) in [6, 6.07) is 14.1. The van der Waals surface area contributed by atoms with Crippen molar-refractivity contribution in [3.8, 4) is 5.75 Å². The largest absolute Gasteiger partial charge is 0.497 e. The number of carbonyl (C=O) groups excluding carboxylic acids is 1. The lowest BCUT2D eigenvalue weighted by Gasteiger charge is -2.26.